The quantitative estimate of drug-likeness (QED) is 0.629. The van der Waals surface area contributed by atoms with E-state index in [1.807, 2.05) is 0 Å². The number of anilines is 1. The van der Waals surface area contributed by atoms with E-state index in [-0.39, 0.29) is 10.8 Å². The van der Waals surface area contributed by atoms with Crippen molar-refractivity contribution in [3.05, 3.63) is 17.0 Å². The topological polar surface area (TPSA) is 77.8 Å². The fraction of sp³-hybridized carbons (Fsp3) is 0.429. The van der Waals surface area contributed by atoms with Crippen LogP contribution in [0.5, 0.6) is 0 Å². The highest BCUT2D eigenvalue weighted by Crippen LogP contribution is 2.44. The van der Waals surface area contributed by atoms with E-state index in [0.717, 1.165) is 18.4 Å². The van der Waals surface area contributed by atoms with Crippen molar-refractivity contribution in [2.45, 2.75) is 18.4 Å². The zero-order chi connectivity index (χ0) is 8.77. The van der Waals surface area contributed by atoms with Gasteiger partial charge in [-0.1, -0.05) is 0 Å². The molecule has 0 atom stereocenters. The van der Waals surface area contributed by atoms with Crippen LogP contribution in [-0.2, 0) is 5.54 Å². The highest BCUT2D eigenvalue weighted by atomic mass is 35.5. The summed E-state index contributed by atoms with van der Waals surface area (Å²) in [5, 5.41) is 0.167. The van der Waals surface area contributed by atoms with E-state index in [0.29, 0.717) is 5.82 Å². The molecule has 4 nitrogen and oxygen atoms in total. The van der Waals surface area contributed by atoms with Crippen molar-refractivity contribution in [2.24, 2.45) is 5.73 Å². The summed E-state index contributed by atoms with van der Waals surface area (Å²) in [6, 6.07) is 0. The molecule has 1 fully saturated rings. The first-order valence-electron chi connectivity index (χ1n) is 3.69. The first-order valence-corrected chi connectivity index (χ1v) is 4.07. The molecule has 0 aromatic carbocycles. The minimum absolute atomic E-state index is 0.167. The van der Waals surface area contributed by atoms with Crippen molar-refractivity contribution in [2.75, 3.05) is 5.73 Å². The van der Waals surface area contributed by atoms with E-state index in [9.17, 15) is 0 Å². The largest absolute Gasteiger partial charge is 0.383 e. The van der Waals surface area contributed by atoms with Crippen LogP contribution in [0.4, 0.5) is 5.82 Å². The molecular formula is C7H9ClN4. The average molecular weight is 185 g/mol. The fourth-order valence-corrected chi connectivity index (χ4v) is 1.30. The van der Waals surface area contributed by atoms with Crippen LogP contribution in [0.3, 0.4) is 0 Å². The molecule has 1 heterocycles. The zero-order valence-corrected chi connectivity index (χ0v) is 7.17. The second-order valence-electron chi connectivity index (χ2n) is 3.09. The second kappa shape index (κ2) is 2.31. The van der Waals surface area contributed by atoms with Gasteiger partial charge in [0.15, 0.2) is 0 Å². The van der Waals surface area contributed by atoms with Crippen LogP contribution in [0.25, 0.3) is 0 Å². The summed E-state index contributed by atoms with van der Waals surface area (Å²) < 4.78 is 0. The van der Waals surface area contributed by atoms with Gasteiger partial charge in [0.1, 0.15) is 5.82 Å². The summed E-state index contributed by atoms with van der Waals surface area (Å²) in [5.74, 6) is 0.398. The highest BCUT2D eigenvalue weighted by molar-refractivity contribution is 6.28. The van der Waals surface area contributed by atoms with Crippen LogP contribution in [-0.4, -0.2) is 9.97 Å². The fourth-order valence-electron chi connectivity index (χ4n) is 1.16. The maximum atomic E-state index is 5.92. The molecule has 0 aliphatic heterocycles. The van der Waals surface area contributed by atoms with Crippen molar-refractivity contribution in [3.8, 4) is 0 Å². The van der Waals surface area contributed by atoms with Gasteiger partial charge >= 0.3 is 0 Å². The highest BCUT2D eigenvalue weighted by Gasteiger charge is 2.42. The second-order valence-corrected chi connectivity index (χ2v) is 3.43. The van der Waals surface area contributed by atoms with Gasteiger partial charge in [0, 0.05) is 17.3 Å². The Labute approximate surface area is 74.9 Å². The molecule has 1 aromatic rings. The summed E-state index contributed by atoms with van der Waals surface area (Å²) in [6.07, 6.45) is 3.50. The van der Waals surface area contributed by atoms with E-state index in [1.54, 1.807) is 6.20 Å². The summed E-state index contributed by atoms with van der Waals surface area (Å²) >= 11 is 5.54. The number of nitrogen functional groups attached to an aromatic ring is 1. The van der Waals surface area contributed by atoms with Crippen LogP contribution < -0.4 is 11.5 Å². The lowest BCUT2D eigenvalue weighted by Crippen LogP contribution is -2.21. The van der Waals surface area contributed by atoms with Crippen molar-refractivity contribution in [1.29, 1.82) is 0 Å². The van der Waals surface area contributed by atoms with Gasteiger partial charge in [0.05, 0.1) is 0 Å². The molecule has 64 valence electrons. The van der Waals surface area contributed by atoms with E-state index in [2.05, 4.69) is 9.97 Å². The molecule has 0 radical (unpaired) electrons. The van der Waals surface area contributed by atoms with E-state index in [4.69, 9.17) is 23.1 Å². The Morgan fingerprint density at radius 3 is 2.67 bits per heavy atom. The lowest BCUT2D eigenvalue weighted by Gasteiger charge is -2.09. The predicted octanol–water partition coefficient (Wildman–Crippen LogP) is 0.660. The number of hydrogen-bond acceptors (Lipinski definition) is 4. The monoisotopic (exact) mass is 184 g/mol. The maximum Gasteiger partial charge on any atom is 0.224 e. The number of nitrogens with zero attached hydrogens (tertiary/aromatic N) is 2. The number of nitrogens with two attached hydrogens (primary N) is 2. The molecule has 4 N–H and O–H groups in total. The third kappa shape index (κ3) is 1.13. The van der Waals surface area contributed by atoms with Gasteiger partial charge in [0.2, 0.25) is 5.28 Å². The van der Waals surface area contributed by atoms with Gasteiger partial charge in [-0.05, 0) is 24.4 Å². The van der Waals surface area contributed by atoms with Gasteiger partial charge < -0.3 is 11.5 Å². The lowest BCUT2D eigenvalue weighted by molar-refractivity contribution is 0.732. The van der Waals surface area contributed by atoms with Crippen LogP contribution in [0.15, 0.2) is 6.20 Å². The summed E-state index contributed by atoms with van der Waals surface area (Å²) in [7, 11) is 0. The Kier molecular flexibility index (Phi) is 1.49. The smallest absolute Gasteiger partial charge is 0.224 e. The molecule has 1 aliphatic carbocycles. The van der Waals surface area contributed by atoms with Gasteiger partial charge in [-0.3, -0.25) is 0 Å². The Morgan fingerprint density at radius 1 is 1.50 bits per heavy atom. The Balaban J connectivity index is 2.45. The molecule has 0 spiro atoms. The van der Waals surface area contributed by atoms with E-state index in [1.165, 1.54) is 0 Å². The third-order valence-corrected chi connectivity index (χ3v) is 2.30. The average Bonchev–Trinajstić information content (AvgIpc) is 2.68. The molecule has 2 rings (SSSR count). The van der Waals surface area contributed by atoms with Crippen molar-refractivity contribution >= 4 is 17.4 Å². The molecule has 1 aromatic heterocycles. The molecule has 0 amide bonds. The molecule has 1 aliphatic rings. The first kappa shape index (κ1) is 7.76. The maximum absolute atomic E-state index is 5.92. The predicted molar refractivity (Wildman–Crippen MR) is 46.6 cm³/mol. The van der Waals surface area contributed by atoms with Crippen molar-refractivity contribution < 1.29 is 0 Å². The lowest BCUT2D eigenvalue weighted by atomic mass is 10.1. The van der Waals surface area contributed by atoms with Gasteiger partial charge in [-0.15, -0.1) is 0 Å². The van der Waals surface area contributed by atoms with Crippen LogP contribution in [0.2, 0.25) is 5.28 Å². The van der Waals surface area contributed by atoms with Crippen LogP contribution >= 0.6 is 11.6 Å². The molecular weight excluding hydrogens is 176 g/mol. The van der Waals surface area contributed by atoms with Crippen molar-refractivity contribution in [3.63, 3.8) is 0 Å². The third-order valence-electron chi connectivity index (χ3n) is 2.11. The standard InChI is InChI=1S/C7H9ClN4/c8-6-11-3-4(5(9)12-6)7(10)1-2-7/h3H,1-2,10H2,(H2,9,11,12). The summed E-state index contributed by atoms with van der Waals surface area (Å²) in [5.41, 5.74) is 12.1. The van der Waals surface area contributed by atoms with Crippen molar-refractivity contribution in [1.82, 2.24) is 9.97 Å². The first-order chi connectivity index (χ1) is 5.62. The molecule has 0 bridgehead atoms. The van der Waals surface area contributed by atoms with Gasteiger partial charge in [-0.2, -0.15) is 0 Å². The number of halogens is 1. The normalized spacial score (nSPS) is 19.2. The Bertz CT molecular complexity index is 321. The minimum atomic E-state index is -0.283. The van der Waals surface area contributed by atoms with Gasteiger partial charge in [0.25, 0.3) is 0 Å². The number of aromatic nitrogens is 2. The molecule has 0 saturated heterocycles. The molecule has 12 heavy (non-hydrogen) atoms. The van der Waals surface area contributed by atoms with E-state index < -0.39 is 0 Å². The molecule has 1 saturated carbocycles. The minimum Gasteiger partial charge on any atom is -0.383 e. The Hall–Kier alpha value is -0.870. The van der Waals surface area contributed by atoms with E-state index >= 15 is 0 Å². The number of rotatable bonds is 1. The number of hydrogen-bond donors (Lipinski definition) is 2. The summed E-state index contributed by atoms with van der Waals surface area (Å²) in [4.78, 5) is 7.67. The molecule has 5 heteroatoms. The van der Waals surface area contributed by atoms with Crippen LogP contribution in [0.1, 0.15) is 18.4 Å². The Morgan fingerprint density at radius 2 is 2.17 bits per heavy atom. The molecule has 0 unspecified atom stereocenters. The SMILES string of the molecule is Nc1nc(Cl)ncc1C1(N)CC1. The van der Waals surface area contributed by atoms with Gasteiger partial charge in [-0.25, -0.2) is 9.97 Å². The van der Waals surface area contributed by atoms with Crippen LogP contribution in [0, 0.1) is 0 Å². The summed E-state index contributed by atoms with van der Waals surface area (Å²) in [6.45, 7) is 0. The zero-order valence-electron chi connectivity index (χ0n) is 6.42.